The minimum absolute atomic E-state index is 0.110. The predicted molar refractivity (Wildman–Crippen MR) is 114 cm³/mol. The number of rotatable bonds is 5. The van der Waals surface area contributed by atoms with Crippen molar-refractivity contribution in [3.05, 3.63) is 51.8 Å². The molecule has 0 spiro atoms. The summed E-state index contributed by atoms with van der Waals surface area (Å²) in [5.74, 6) is -1.06. The molecule has 0 radical (unpaired) electrons. The van der Waals surface area contributed by atoms with E-state index in [-0.39, 0.29) is 12.1 Å². The standard InChI is InChI=1S/C21H26Cl2N4O2/c1-3-17(10-14-7-8-16(22)11-18(14)23)25-20(28)21(29)27-9-5-4-6-19(27)15-12-24-26(2)13-15/h7-8,11-13,17,19H,3-6,9-10H2,1-2H3,(H,25,28). The highest BCUT2D eigenvalue weighted by Crippen LogP contribution is 2.30. The molecule has 3 rings (SSSR count). The van der Waals surface area contributed by atoms with Gasteiger partial charge in [0.15, 0.2) is 0 Å². The minimum Gasteiger partial charge on any atom is -0.345 e. The van der Waals surface area contributed by atoms with Crippen molar-refractivity contribution >= 4 is 35.0 Å². The summed E-state index contributed by atoms with van der Waals surface area (Å²) in [6.45, 7) is 2.55. The molecule has 2 unspecified atom stereocenters. The van der Waals surface area contributed by atoms with Gasteiger partial charge in [0, 0.05) is 41.4 Å². The second-order valence-electron chi connectivity index (χ2n) is 7.48. The molecule has 1 aromatic heterocycles. The van der Waals surface area contributed by atoms with Gasteiger partial charge in [0.2, 0.25) is 0 Å². The van der Waals surface area contributed by atoms with Gasteiger partial charge < -0.3 is 10.2 Å². The third-order valence-corrected chi connectivity index (χ3v) is 5.96. The molecule has 1 aliphatic heterocycles. The Morgan fingerprint density at radius 2 is 2.10 bits per heavy atom. The highest BCUT2D eigenvalue weighted by Gasteiger charge is 2.33. The Labute approximate surface area is 181 Å². The van der Waals surface area contributed by atoms with E-state index >= 15 is 0 Å². The molecule has 156 valence electrons. The van der Waals surface area contributed by atoms with E-state index in [1.54, 1.807) is 27.9 Å². The average molecular weight is 437 g/mol. The van der Waals surface area contributed by atoms with Gasteiger partial charge in [-0.1, -0.05) is 36.2 Å². The molecule has 0 aliphatic carbocycles. The molecule has 1 saturated heterocycles. The van der Waals surface area contributed by atoms with Crippen molar-refractivity contribution < 1.29 is 9.59 Å². The lowest BCUT2D eigenvalue weighted by atomic mass is 9.97. The van der Waals surface area contributed by atoms with E-state index in [4.69, 9.17) is 23.2 Å². The summed E-state index contributed by atoms with van der Waals surface area (Å²) < 4.78 is 1.72. The third-order valence-electron chi connectivity index (χ3n) is 5.38. The maximum absolute atomic E-state index is 12.9. The Morgan fingerprint density at radius 3 is 2.76 bits per heavy atom. The number of halogens is 2. The first kappa shape index (κ1) is 21.7. The fourth-order valence-electron chi connectivity index (χ4n) is 3.76. The molecule has 1 N–H and O–H groups in total. The van der Waals surface area contributed by atoms with Crippen molar-refractivity contribution in [3.63, 3.8) is 0 Å². The highest BCUT2D eigenvalue weighted by atomic mass is 35.5. The number of amides is 2. The molecule has 2 aromatic rings. The molecular formula is C21H26Cl2N4O2. The summed E-state index contributed by atoms with van der Waals surface area (Å²) in [5.41, 5.74) is 1.86. The van der Waals surface area contributed by atoms with Crippen LogP contribution in [0.4, 0.5) is 0 Å². The van der Waals surface area contributed by atoms with Crippen LogP contribution in [-0.2, 0) is 23.1 Å². The van der Waals surface area contributed by atoms with Crippen LogP contribution in [0.15, 0.2) is 30.6 Å². The Hall–Kier alpha value is -2.05. The number of aromatic nitrogens is 2. The van der Waals surface area contributed by atoms with Crippen molar-refractivity contribution in [1.29, 1.82) is 0 Å². The number of hydrogen-bond donors (Lipinski definition) is 1. The van der Waals surface area contributed by atoms with Gasteiger partial charge >= 0.3 is 11.8 Å². The van der Waals surface area contributed by atoms with Crippen LogP contribution in [-0.4, -0.2) is 39.1 Å². The van der Waals surface area contributed by atoms with Crippen LogP contribution >= 0.6 is 23.2 Å². The van der Waals surface area contributed by atoms with Gasteiger partial charge in [0.05, 0.1) is 12.2 Å². The van der Waals surface area contributed by atoms with E-state index in [9.17, 15) is 9.59 Å². The maximum Gasteiger partial charge on any atom is 0.312 e. The average Bonchev–Trinajstić information content (AvgIpc) is 3.14. The zero-order valence-electron chi connectivity index (χ0n) is 16.7. The SMILES string of the molecule is CCC(Cc1ccc(Cl)cc1Cl)NC(=O)C(=O)N1CCCCC1c1cnn(C)c1. The quantitative estimate of drug-likeness (QED) is 0.722. The maximum atomic E-state index is 12.9. The van der Waals surface area contributed by atoms with E-state index < -0.39 is 11.8 Å². The summed E-state index contributed by atoms with van der Waals surface area (Å²) >= 11 is 12.2. The molecule has 1 fully saturated rings. The van der Waals surface area contributed by atoms with Crippen molar-refractivity contribution in [2.75, 3.05) is 6.54 Å². The first-order chi connectivity index (χ1) is 13.9. The number of hydrogen-bond acceptors (Lipinski definition) is 3. The molecule has 2 atom stereocenters. The number of aryl methyl sites for hydroxylation is 1. The van der Waals surface area contributed by atoms with E-state index in [0.717, 1.165) is 30.4 Å². The lowest BCUT2D eigenvalue weighted by Crippen LogP contribution is -2.49. The van der Waals surface area contributed by atoms with Crippen molar-refractivity contribution in [2.45, 2.75) is 51.1 Å². The van der Waals surface area contributed by atoms with E-state index in [1.165, 1.54) is 0 Å². The molecule has 2 heterocycles. The Bertz CT molecular complexity index is 883. The second kappa shape index (κ2) is 9.63. The summed E-state index contributed by atoms with van der Waals surface area (Å²) in [5, 5.41) is 8.22. The molecule has 6 nitrogen and oxygen atoms in total. The number of carbonyl (C=O) groups is 2. The molecular weight excluding hydrogens is 411 g/mol. The summed E-state index contributed by atoms with van der Waals surface area (Å²) in [6.07, 6.45) is 7.66. The molecule has 1 aromatic carbocycles. The molecule has 0 bridgehead atoms. The van der Waals surface area contributed by atoms with Gasteiger partial charge in [-0.2, -0.15) is 5.10 Å². The first-order valence-electron chi connectivity index (χ1n) is 9.93. The summed E-state index contributed by atoms with van der Waals surface area (Å²) in [6, 6.07) is 5.01. The molecule has 1 aliphatic rings. The first-order valence-corrected chi connectivity index (χ1v) is 10.7. The fourth-order valence-corrected chi connectivity index (χ4v) is 4.25. The monoisotopic (exact) mass is 436 g/mol. The summed E-state index contributed by atoms with van der Waals surface area (Å²) in [4.78, 5) is 27.4. The van der Waals surface area contributed by atoms with Gasteiger partial charge in [0.1, 0.15) is 0 Å². The third kappa shape index (κ3) is 5.31. The lowest BCUT2D eigenvalue weighted by molar-refractivity contribution is -0.148. The van der Waals surface area contributed by atoms with Crippen molar-refractivity contribution in [2.24, 2.45) is 7.05 Å². The number of benzene rings is 1. The van der Waals surface area contributed by atoms with Gasteiger partial charge in [-0.25, -0.2) is 0 Å². The number of likely N-dealkylation sites (tertiary alicyclic amines) is 1. The number of piperidine rings is 1. The van der Waals surface area contributed by atoms with Gasteiger partial charge in [0.25, 0.3) is 0 Å². The molecule has 0 saturated carbocycles. The van der Waals surface area contributed by atoms with Crippen LogP contribution in [0.1, 0.15) is 49.8 Å². The van der Waals surface area contributed by atoms with Crippen LogP contribution < -0.4 is 5.32 Å². The van der Waals surface area contributed by atoms with Crippen LogP contribution in [0.5, 0.6) is 0 Å². The smallest absolute Gasteiger partial charge is 0.312 e. The zero-order chi connectivity index (χ0) is 21.0. The second-order valence-corrected chi connectivity index (χ2v) is 8.32. The molecule has 29 heavy (non-hydrogen) atoms. The minimum atomic E-state index is -0.572. The predicted octanol–water partition coefficient (Wildman–Crippen LogP) is 3.92. The molecule has 2 amide bonds. The van der Waals surface area contributed by atoms with E-state index in [2.05, 4.69) is 10.4 Å². The number of carbonyl (C=O) groups excluding carboxylic acids is 2. The topological polar surface area (TPSA) is 67.2 Å². The Balaban J connectivity index is 1.68. The van der Waals surface area contributed by atoms with E-state index in [0.29, 0.717) is 29.4 Å². The van der Waals surface area contributed by atoms with Crippen LogP contribution in [0.2, 0.25) is 10.0 Å². The van der Waals surface area contributed by atoms with Gasteiger partial charge in [-0.15, -0.1) is 0 Å². The number of nitrogens with one attached hydrogen (secondary N) is 1. The van der Waals surface area contributed by atoms with Gasteiger partial charge in [-0.3, -0.25) is 14.3 Å². The van der Waals surface area contributed by atoms with Crippen LogP contribution in [0.25, 0.3) is 0 Å². The van der Waals surface area contributed by atoms with Crippen molar-refractivity contribution in [3.8, 4) is 0 Å². The van der Waals surface area contributed by atoms with Crippen molar-refractivity contribution in [1.82, 2.24) is 20.0 Å². The molecule has 8 heteroatoms. The normalized spacial score (nSPS) is 17.8. The Kier molecular flexibility index (Phi) is 7.19. The fraction of sp³-hybridized carbons (Fsp3) is 0.476. The Morgan fingerprint density at radius 1 is 1.31 bits per heavy atom. The van der Waals surface area contributed by atoms with E-state index in [1.807, 2.05) is 26.2 Å². The van der Waals surface area contributed by atoms with Crippen LogP contribution in [0, 0.1) is 0 Å². The number of nitrogens with zero attached hydrogens (tertiary/aromatic N) is 3. The summed E-state index contributed by atoms with van der Waals surface area (Å²) in [7, 11) is 1.85. The lowest BCUT2D eigenvalue weighted by Gasteiger charge is -2.35. The highest BCUT2D eigenvalue weighted by molar-refractivity contribution is 6.35. The van der Waals surface area contributed by atoms with Crippen LogP contribution in [0.3, 0.4) is 0 Å². The zero-order valence-corrected chi connectivity index (χ0v) is 18.2. The largest absolute Gasteiger partial charge is 0.345 e. The van der Waals surface area contributed by atoms with Gasteiger partial charge in [-0.05, 0) is 49.8 Å².